The summed E-state index contributed by atoms with van der Waals surface area (Å²) in [7, 11) is 8.06. The zero-order valence-electron chi connectivity index (χ0n) is 14.2. The number of morpholine rings is 1. The van der Waals surface area contributed by atoms with Crippen LogP contribution in [-0.2, 0) is 11.3 Å². The van der Waals surface area contributed by atoms with E-state index in [1.807, 2.05) is 38.0 Å². The first kappa shape index (κ1) is 16.8. The van der Waals surface area contributed by atoms with Crippen molar-refractivity contribution in [1.82, 2.24) is 14.7 Å². The molecule has 0 N–H and O–H groups in total. The Labute approximate surface area is 134 Å². The van der Waals surface area contributed by atoms with Crippen molar-refractivity contribution < 1.29 is 4.74 Å². The van der Waals surface area contributed by atoms with Crippen molar-refractivity contribution in [3.8, 4) is 0 Å². The molecule has 0 saturated carbocycles. The summed E-state index contributed by atoms with van der Waals surface area (Å²) in [5, 5.41) is 0. The monoisotopic (exact) mass is 304 g/mol. The molecule has 1 aromatic carbocycles. The molecule has 1 heterocycles. The lowest BCUT2D eigenvalue weighted by Gasteiger charge is -2.32. The number of rotatable bonds is 4. The van der Waals surface area contributed by atoms with Gasteiger partial charge in [-0.3, -0.25) is 9.89 Å². The molecule has 1 atom stereocenters. The number of aliphatic imine (C=N–C) groups is 1. The van der Waals surface area contributed by atoms with Crippen LogP contribution in [0.25, 0.3) is 0 Å². The summed E-state index contributed by atoms with van der Waals surface area (Å²) in [6.07, 6.45) is 0.173. The summed E-state index contributed by atoms with van der Waals surface area (Å²) >= 11 is 0. The summed E-state index contributed by atoms with van der Waals surface area (Å²) in [6.45, 7) is 4.40. The van der Waals surface area contributed by atoms with Gasteiger partial charge >= 0.3 is 0 Å². The van der Waals surface area contributed by atoms with Crippen molar-refractivity contribution in [2.75, 3.05) is 54.4 Å². The lowest BCUT2D eigenvalue weighted by atomic mass is 10.2. The fraction of sp³-hybridized carbons (Fsp3) is 0.588. The van der Waals surface area contributed by atoms with E-state index in [0.29, 0.717) is 6.54 Å². The highest BCUT2D eigenvalue weighted by atomic mass is 16.5. The summed E-state index contributed by atoms with van der Waals surface area (Å²) in [5.41, 5.74) is 1.36. The van der Waals surface area contributed by atoms with E-state index in [2.05, 4.69) is 35.2 Å². The molecule has 122 valence electrons. The minimum Gasteiger partial charge on any atom is -0.374 e. The van der Waals surface area contributed by atoms with Gasteiger partial charge in [0.2, 0.25) is 0 Å². The van der Waals surface area contributed by atoms with Gasteiger partial charge in [0.05, 0.1) is 19.3 Å². The van der Waals surface area contributed by atoms with E-state index in [0.717, 1.165) is 32.2 Å². The Balaban J connectivity index is 1.89. The molecule has 0 bridgehead atoms. The van der Waals surface area contributed by atoms with Crippen LogP contribution in [0.5, 0.6) is 0 Å². The van der Waals surface area contributed by atoms with Crippen LogP contribution in [0.2, 0.25) is 0 Å². The van der Waals surface area contributed by atoms with Gasteiger partial charge in [-0.1, -0.05) is 30.3 Å². The van der Waals surface area contributed by atoms with Crippen LogP contribution in [0.15, 0.2) is 35.3 Å². The number of benzene rings is 1. The fourth-order valence-corrected chi connectivity index (χ4v) is 2.74. The third kappa shape index (κ3) is 5.00. The molecular weight excluding hydrogens is 276 g/mol. The van der Waals surface area contributed by atoms with E-state index < -0.39 is 0 Å². The zero-order chi connectivity index (χ0) is 15.9. The van der Waals surface area contributed by atoms with E-state index >= 15 is 0 Å². The topological polar surface area (TPSA) is 31.3 Å². The molecule has 0 aromatic heterocycles. The van der Waals surface area contributed by atoms with Gasteiger partial charge in [0.25, 0.3) is 0 Å². The van der Waals surface area contributed by atoms with Gasteiger partial charge in [-0.25, -0.2) is 0 Å². The molecule has 0 radical (unpaired) electrons. The highest BCUT2D eigenvalue weighted by Crippen LogP contribution is 2.11. The van der Waals surface area contributed by atoms with Gasteiger partial charge in [-0.2, -0.15) is 0 Å². The van der Waals surface area contributed by atoms with Gasteiger partial charge in [0, 0.05) is 47.8 Å². The van der Waals surface area contributed by atoms with Crippen molar-refractivity contribution >= 4 is 5.96 Å². The van der Waals surface area contributed by atoms with Crippen LogP contribution in [0.3, 0.4) is 0 Å². The Morgan fingerprint density at radius 3 is 2.50 bits per heavy atom. The SMILES string of the molecule is CN(C)C(=NCC1CN(Cc2ccccc2)CCO1)N(C)C. The van der Waals surface area contributed by atoms with E-state index in [4.69, 9.17) is 9.73 Å². The van der Waals surface area contributed by atoms with Crippen LogP contribution >= 0.6 is 0 Å². The van der Waals surface area contributed by atoms with Crippen LogP contribution in [0.1, 0.15) is 5.56 Å². The average Bonchev–Trinajstić information content (AvgIpc) is 2.48. The smallest absolute Gasteiger partial charge is 0.195 e. The standard InChI is InChI=1S/C17H28N4O/c1-19(2)17(20(3)4)18-12-16-14-21(10-11-22-16)13-15-8-6-5-7-9-15/h5-9,16H,10-14H2,1-4H3. The second-order valence-corrected chi connectivity index (χ2v) is 6.14. The molecule has 5 heteroatoms. The Morgan fingerprint density at radius 2 is 1.86 bits per heavy atom. The normalized spacial score (nSPS) is 18.8. The highest BCUT2D eigenvalue weighted by Gasteiger charge is 2.20. The van der Waals surface area contributed by atoms with E-state index in [-0.39, 0.29) is 6.10 Å². The molecule has 0 amide bonds. The van der Waals surface area contributed by atoms with Crippen LogP contribution in [0, 0.1) is 0 Å². The van der Waals surface area contributed by atoms with Crippen LogP contribution < -0.4 is 0 Å². The van der Waals surface area contributed by atoms with E-state index in [9.17, 15) is 0 Å². The molecule has 0 aliphatic carbocycles. The molecule has 5 nitrogen and oxygen atoms in total. The maximum atomic E-state index is 5.87. The number of hydrogen-bond acceptors (Lipinski definition) is 3. The van der Waals surface area contributed by atoms with Crippen molar-refractivity contribution in [3.05, 3.63) is 35.9 Å². The molecule has 1 fully saturated rings. The highest BCUT2D eigenvalue weighted by molar-refractivity contribution is 5.79. The van der Waals surface area contributed by atoms with E-state index in [1.165, 1.54) is 5.56 Å². The second-order valence-electron chi connectivity index (χ2n) is 6.14. The van der Waals surface area contributed by atoms with Crippen molar-refractivity contribution in [1.29, 1.82) is 0 Å². The van der Waals surface area contributed by atoms with Gasteiger partial charge in [-0.05, 0) is 5.56 Å². The molecule has 1 aliphatic rings. The number of hydrogen-bond donors (Lipinski definition) is 0. The number of nitrogens with zero attached hydrogens (tertiary/aromatic N) is 4. The van der Waals surface area contributed by atoms with Crippen LogP contribution in [-0.4, -0.2) is 81.2 Å². The third-order valence-corrected chi connectivity index (χ3v) is 3.71. The predicted octanol–water partition coefficient (Wildman–Crippen LogP) is 1.37. The van der Waals surface area contributed by atoms with Gasteiger partial charge in [-0.15, -0.1) is 0 Å². The maximum Gasteiger partial charge on any atom is 0.195 e. The van der Waals surface area contributed by atoms with E-state index in [1.54, 1.807) is 0 Å². The van der Waals surface area contributed by atoms with Gasteiger partial charge in [0.15, 0.2) is 5.96 Å². The van der Waals surface area contributed by atoms with Gasteiger partial charge in [0.1, 0.15) is 0 Å². The summed E-state index contributed by atoms with van der Waals surface area (Å²) in [4.78, 5) is 11.2. The average molecular weight is 304 g/mol. The third-order valence-electron chi connectivity index (χ3n) is 3.71. The van der Waals surface area contributed by atoms with Crippen LogP contribution in [0.4, 0.5) is 0 Å². The second kappa shape index (κ2) is 8.15. The number of ether oxygens (including phenoxy) is 1. The Morgan fingerprint density at radius 1 is 1.18 bits per heavy atom. The molecule has 0 spiro atoms. The Hall–Kier alpha value is -1.59. The maximum absolute atomic E-state index is 5.87. The Bertz CT molecular complexity index is 463. The summed E-state index contributed by atoms with van der Waals surface area (Å²) in [5.74, 6) is 0.976. The van der Waals surface area contributed by atoms with Crippen molar-refractivity contribution in [2.45, 2.75) is 12.6 Å². The largest absolute Gasteiger partial charge is 0.374 e. The molecule has 1 aromatic rings. The first-order valence-electron chi connectivity index (χ1n) is 7.83. The van der Waals surface area contributed by atoms with Gasteiger partial charge < -0.3 is 14.5 Å². The van der Waals surface area contributed by atoms with Crippen molar-refractivity contribution in [2.24, 2.45) is 4.99 Å². The fourth-order valence-electron chi connectivity index (χ4n) is 2.74. The van der Waals surface area contributed by atoms with Crippen molar-refractivity contribution in [3.63, 3.8) is 0 Å². The lowest BCUT2D eigenvalue weighted by Crippen LogP contribution is -2.44. The lowest BCUT2D eigenvalue weighted by molar-refractivity contribution is -0.0259. The summed E-state index contributed by atoms with van der Waals surface area (Å²) in [6, 6.07) is 10.6. The molecular formula is C17H28N4O. The molecule has 1 aliphatic heterocycles. The molecule has 1 saturated heterocycles. The molecule has 1 unspecified atom stereocenters. The quantitative estimate of drug-likeness (QED) is 0.621. The minimum absolute atomic E-state index is 0.173. The summed E-state index contributed by atoms with van der Waals surface area (Å²) < 4.78 is 5.87. The zero-order valence-corrected chi connectivity index (χ0v) is 14.2. The Kier molecular flexibility index (Phi) is 6.21. The minimum atomic E-state index is 0.173. The molecule has 22 heavy (non-hydrogen) atoms. The first-order valence-corrected chi connectivity index (χ1v) is 7.83. The predicted molar refractivity (Wildman–Crippen MR) is 91.1 cm³/mol. The molecule has 2 rings (SSSR count). The number of guanidine groups is 1. The first-order chi connectivity index (χ1) is 10.6.